The molecule has 1 aromatic heterocycles. The van der Waals surface area contributed by atoms with Crippen molar-refractivity contribution in [2.24, 2.45) is 0 Å². The van der Waals surface area contributed by atoms with Crippen molar-refractivity contribution in [3.8, 4) is 0 Å². The van der Waals surface area contributed by atoms with Gasteiger partial charge >= 0.3 is 0 Å². The molecule has 20 heavy (non-hydrogen) atoms. The quantitative estimate of drug-likeness (QED) is 0.843. The van der Waals surface area contributed by atoms with Crippen LogP contribution in [0.25, 0.3) is 0 Å². The number of rotatable bonds is 6. The van der Waals surface area contributed by atoms with Gasteiger partial charge in [0.15, 0.2) is 5.82 Å². The van der Waals surface area contributed by atoms with E-state index in [1.54, 1.807) is 0 Å². The molecule has 0 saturated heterocycles. The van der Waals surface area contributed by atoms with Crippen LogP contribution in [-0.2, 0) is 6.54 Å². The van der Waals surface area contributed by atoms with Crippen LogP contribution < -0.4 is 10.6 Å². The lowest BCUT2D eigenvalue weighted by atomic mass is 10.1. The van der Waals surface area contributed by atoms with E-state index in [9.17, 15) is 4.79 Å². The Morgan fingerprint density at radius 2 is 2.25 bits per heavy atom. The van der Waals surface area contributed by atoms with Gasteiger partial charge in [-0.2, -0.15) is 4.98 Å². The molecule has 1 aromatic carbocycles. The van der Waals surface area contributed by atoms with E-state index < -0.39 is 0 Å². The van der Waals surface area contributed by atoms with E-state index in [1.807, 2.05) is 25.1 Å². The number of hydrogen-bond donors (Lipinski definition) is 2. The highest BCUT2D eigenvalue weighted by Crippen LogP contribution is 2.17. The van der Waals surface area contributed by atoms with Gasteiger partial charge in [-0.3, -0.25) is 4.79 Å². The molecule has 0 atom stereocenters. The third kappa shape index (κ3) is 3.57. The van der Waals surface area contributed by atoms with Crippen molar-refractivity contribution < 1.29 is 9.32 Å². The maximum absolute atomic E-state index is 12.2. The normalized spacial score (nSPS) is 10.3. The van der Waals surface area contributed by atoms with Gasteiger partial charge in [0, 0.05) is 12.2 Å². The van der Waals surface area contributed by atoms with Crippen LogP contribution in [0.1, 0.15) is 35.1 Å². The molecule has 2 aromatic rings. The molecular formula is C14H18N4O2. The first-order chi connectivity index (χ1) is 9.70. The molecule has 0 aliphatic heterocycles. The maximum Gasteiger partial charge on any atom is 0.253 e. The summed E-state index contributed by atoms with van der Waals surface area (Å²) in [7, 11) is 0. The van der Waals surface area contributed by atoms with Crippen LogP contribution in [0.2, 0.25) is 0 Å². The molecule has 0 spiro atoms. The minimum absolute atomic E-state index is 0.155. The SMILES string of the molecule is CCCNc1ccc(C)cc1C(=O)NCc1ncon1. The zero-order chi connectivity index (χ0) is 14.4. The Labute approximate surface area is 117 Å². The molecule has 1 heterocycles. The van der Waals surface area contributed by atoms with Gasteiger partial charge in [0.2, 0.25) is 6.39 Å². The first-order valence-electron chi connectivity index (χ1n) is 6.58. The summed E-state index contributed by atoms with van der Waals surface area (Å²) in [5.74, 6) is 0.297. The van der Waals surface area contributed by atoms with Crippen molar-refractivity contribution >= 4 is 11.6 Å². The van der Waals surface area contributed by atoms with Crippen LogP contribution in [0, 0.1) is 6.92 Å². The van der Waals surface area contributed by atoms with Gasteiger partial charge < -0.3 is 15.2 Å². The van der Waals surface area contributed by atoms with E-state index in [-0.39, 0.29) is 12.5 Å². The van der Waals surface area contributed by atoms with Gasteiger partial charge in [-0.15, -0.1) is 0 Å². The van der Waals surface area contributed by atoms with Gasteiger partial charge in [0.25, 0.3) is 5.91 Å². The molecule has 0 fully saturated rings. The van der Waals surface area contributed by atoms with Crippen LogP contribution in [0.15, 0.2) is 29.1 Å². The molecule has 0 unspecified atom stereocenters. The molecule has 0 saturated carbocycles. The van der Waals surface area contributed by atoms with Crippen molar-refractivity contribution in [1.29, 1.82) is 0 Å². The van der Waals surface area contributed by atoms with Crippen LogP contribution >= 0.6 is 0 Å². The Morgan fingerprint density at radius 3 is 2.95 bits per heavy atom. The van der Waals surface area contributed by atoms with Gasteiger partial charge in [-0.1, -0.05) is 23.7 Å². The number of aromatic nitrogens is 2. The first kappa shape index (κ1) is 14.0. The number of aryl methyl sites for hydroxylation is 1. The minimum Gasteiger partial charge on any atom is -0.384 e. The predicted molar refractivity (Wildman–Crippen MR) is 75.4 cm³/mol. The van der Waals surface area contributed by atoms with E-state index in [1.165, 1.54) is 6.39 Å². The zero-order valence-electron chi connectivity index (χ0n) is 11.6. The maximum atomic E-state index is 12.2. The van der Waals surface area contributed by atoms with E-state index >= 15 is 0 Å². The molecule has 0 bridgehead atoms. The summed E-state index contributed by atoms with van der Waals surface area (Å²) in [4.78, 5) is 16.1. The summed E-state index contributed by atoms with van der Waals surface area (Å²) in [6, 6.07) is 5.77. The number of carbonyl (C=O) groups is 1. The summed E-state index contributed by atoms with van der Waals surface area (Å²) in [5.41, 5.74) is 2.50. The van der Waals surface area contributed by atoms with Crippen LogP contribution in [0.3, 0.4) is 0 Å². The molecule has 0 aliphatic rings. The molecule has 0 radical (unpaired) electrons. The van der Waals surface area contributed by atoms with Gasteiger partial charge in [-0.05, 0) is 25.5 Å². The first-order valence-corrected chi connectivity index (χ1v) is 6.58. The monoisotopic (exact) mass is 274 g/mol. The Kier molecular flexibility index (Phi) is 4.70. The van der Waals surface area contributed by atoms with E-state index in [0.29, 0.717) is 11.4 Å². The van der Waals surface area contributed by atoms with E-state index in [0.717, 1.165) is 24.2 Å². The number of anilines is 1. The Bertz CT molecular complexity index is 567. The lowest BCUT2D eigenvalue weighted by Crippen LogP contribution is -2.24. The number of nitrogens with zero attached hydrogens (tertiary/aromatic N) is 2. The number of nitrogens with one attached hydrogen (secondary N) is 2. The second-order valence-electron chi connectivity index (χ2n) is 4.51. The second-order valence-corrected chi connectivity index (χ2v) is 4.51. The lowest BCUT2D eigenvalue weighted by Gasteiger charge is -2.12. The largest absolute Gasteiger partial charge is 0.384 e. The fraction of sp³-hybridized carbons (Fsp3) is 0.357. The number of carbonyl (C=O) groups excluding carboxylic acids is 1. The zero-order valence-corrected chi connectivity index (χ0v) is 11.6. The summed E-state index contributed by atoms with van der Waals surface area (Å²) in [5, 5.41) is 9.69. The van der Waals surface area contributed by atoms with Crippen molar-refractivity contribution in [3.63, 3.8) is 0 Å². The highest BCUT2D eigenvalue weighted by molar-refractivity contribution is 5.99. The standard InChI is InChI=1S/C14H18N4O2/c1-3-6-15-12-5-4-10(2)7-11(12)14(19)16-8-13-17-9-20-18-13/h4-5,7,9,15H,3,6,8H2,1-2H3,(H,16,19). The van der Waals surface area contributed by atoms with Crippen molar-refractivity contribution in [1.82, 2.24) is 15.5 Å². The average Bonchev–Trinajstić information content (AvgIpc) is 2.96. The third-order valence-corrected chi connectivity index (χ3v) is 2.80. The molecular weight excluding hydrogens is 256 g/mol. The van der Waals surface area contributed by atoms with E-state index in [2.05, 4.69) is 32.2 Å². The van der Waals surface area contributed by atoms with Crippen molar-refractivity contribution in [3.05, 3.63) is 41.5 Å². The van der Waals surface area contributed by atoms with Crippen molar-refractivity contribution in [2.45, 2.75) is 26.8 Å². The fourth-order valence-electron chi connectivity index (χ4n) is 1.78. The topological polar surface area (TPSA) is 80.0 Å². The number of benzene rings is 1. The molecule has 1 amide bonds. The highest BCUT2D eigenvalue weighted by atomic mass is 16.5. The van der Waals surface area contributed by atoms with Crippen LogP contribution in [-0.4, -0.2) is 22.6 Å². The second kappa shape index (κ2) is 6.70. The summed E-state index contributed by atoms with van der Waals surface area (Å²) in [6.07, 6.45) is 2.24. The summed E-state index contributed by atoms with van der Waals surface area (Å²) >= 11 is 0. The minimum atomic E-state index is -0.155. The fourth-order valence-corrected chi connectivity index (χ4v) is 1.78. The Hall–Kier alpha value is -2.37. The molecule has 2 rings (SSSR count). The van der Waals surface area contributed by atoms with Gasteiger partial charge in [0.1, 0.15) is 0 Å². The Balaban J connectivity index is 2.08. The van der Waals surface area contributed by atoms with Gasteiger partial charge in [-0.25, -0.2) is 0 Å². The average molecular weight is 274 g/mol. The molecule has 2 N–H and O–H groups in total. The molecule has 106 valence electrons. The number of hydrogen-bond acceptors (Lipinski definition) is 5. The molecule has 6 nitrogen and oxygen atoms in total. The summed E-state index contributed by atoms with van der Waals surface area (Å²) in [6.45, 7) is 5.11. The van der Waals surface area contributed by atoms with Crippen molar-refractivity contribution in [2.75, 3.05) is 11.9 Å². The van der Waals surface area contributed by atoms with Crippen LogP contribution in [0.4, 0.5) is 5.69 Å². The lowest BCUT2D eigenvalue weighted by molar-refractivity contribution is 0.0950. The predicted octanol–water partition coefficient (Wildman–Crippen LogP) is 2.13. The Morgan fingerprint density at radius 1 is 1.40 bits per heavy atom. The third-order valence-electron chi connectivity index (χ3n) is 2.80. The van der Waals surface area contributed by atoms with E-state index in [4.69, 9.17) is 0 Å². The van der Waals surface area contributed by atoms with Crippen LogP contribution in [0.5, 0.6) is 0 Å². The summed E-state index contributed by atoms with van der Waals surface area (Å²) < 4.78 is 4.62. The van der Waals surface area contributed by atoms with Gasteiger partial charge in [0.05, 0.1) is 12.1 Å². The smallest absolute Gasteiger partial charge is 0.253 e. The molecule has 0 aliphatic carbocycles. The highest BCUT2D eigenvalue weighted by Gasteiger charge is 2.12. The number of amides is 1. The molecule has 6 heteroatoms.